The molecule has 0 fully saturated rings. The first-order chi connectivity index (χ1) is 19.6. The monoisotopic (exact) mass is 587 g/mol. The summed E-state index contributed by atoms with van der Waals surface area (Å²) in [4.78, 5) is 27.3. The first-order valence-corrected chi connectivity index (χ1v) is 13.3. The summed E-state index contributed by atoms with van der Waals surface area (Å²) >= 11 is 5.95. The van der Waals surface area contributed by atoms with E-state index in [4.69, 9.17) is 30.2 Å². The van der Waals surface area contributed by atoms with Crippen LogP contribution in [0.15, 0.2) is 69.9 Å². The van der Waals surface area contributed by atoms with Gasteiger partial charge in [-0.2, -0.15) is 13.2 Å². The fourth-order valence-electron chi connectivity index (χ4n) is 4.41. The fourth-order valence-corrected chi connectivity index (χ4v) is 4.54. The quantitative estimate of drug-likeness (QED) is 0.201. The number of hydrogen-bond acceptors (Lipinski definition) is 7. The molecule has 4 aromatic rings. The first-order valence-electron chi connectivity index (χ1n) is 12.9. The highest BCUT2D eigenvalue weighted by Gasteiger charge is 2.41. The van der Waals surface area contributed by atoms with Crippen LogP contribution in [0.2, 0.25) is 5.02 Å². The topological polar surface area (TPSA) is 78.2 Å². The zero-order chi connectivity index (χ0) is 29.1. The van der Waals surface area contributed by atoms with E-state index in [0.717, 1.165) is 5.56 Å². The highest BCUT2D eigenvalue weighted by molar-refractivity contribution is 6.30. The fraction of sp³-hybridized carbons (Fsp3) is 0.267. The van der Waals surface area contributed by atoms with E-state index < -0.39 is 29.1 Å². The van der Waals surface area contributed by atoms with E-state index in [1.807, 2.05) is 24.0 Å². The third-order valence-electron chi connectivity index (χ3n) is 6.50. The van der Waals surface area contributed by atoms with Gasteiger partial charge in [0.25, 0.3) is 5.76 Å². The van der Waals surface area contributed by atoms with Crippen LogP contribution in [0.25, 0.3) is 11.0 Å². The van der Waals surface area contributed by atoms with E-state index in [9.17, 15) is 22.8 Å². The Balaban J connectivity index is 1.45. The SMILES string of the molecule is CCCOC(=O)c1ccc(Oc2c(C(F)(F)F)oc3c4c(ccc3c2=O)OCN(CCc2ccc(Cl)cc2)C4)cc1. The van der Waals surface area contributed by atoms with Gasteiger partial charge in [0, 0.05) is 18.1 Å². The molecule has 0 N–H and O–H groups in total. The number of hydrogen-bond donors (Lipinski definition) is 0. The number of esters is 1. The Hall–Kier alpha value is -4.02. The molecule has 0 saturated carbocycles. The third kappa shape index (κ3) is 6.34. The summed E-state index contributed by atoms with van der Waals surface area (Å²) in [6.45, 7) is 3.08. The first kappa shape index (κ1) is 28.5. The molecule has 214 valence electrons. The lowest BCUT2D eigenvalue weighted by Gasteiger charge is -2.29. The van der Waals surface area contributed by atoms with E-state index in [2.05, 4.69) is 0 Å². The molecule has 0 bridgehead atoms. The largest absolute Gasteiger partial charge is 0.478 e. The van der Waals surface area contributed by atoms with Gasteiger partial charge >= 0.3 is 12.1 Å². The van der Waals surface area contributed by atoms with Crippen molar-refractivity contribution in [2.75, 3.05) is 19.9 Å². The van der Waals surface area contributed by atoms with Crippen LogP contribution in [-0.2, 0) is 23.9 Å². The molecule has 2 heterocycles. The Bertz CT molecular complexity index is 1620. The predicted molar refractivity (Wildman–Crippen MR) is 146 cm³/mol. The van der Waals surface area contributed by atoms with Crippen LogP contribution >= 0.6 is 11.6 Å². The second-order valence-electron chi connectivity index (χ2n) is 9.47. The number of benzene rings is 3. The number of fused-ring (bicyclic) bond motifs is 3. The molecule has 0 saturated heterocycles. The lowest BCUT2D eigenvalue weighted by molar-refractivity contribution is -0.154. The van der Waals surface area contributed by atoms with Gasteiger partial charge in [-0.25, -0.2) is 4.79 Å². The van der Waals surface area contributed by atoms with Crippen LogP contribution in [-0.4, -0.2) is 30.8 Å². The van der Waals surface area contributed by atoms with E-state index >= 15 is 0 Å². The highest BCUT2D eigenvalue weighted by Crippen LogP contribution is 2.41. The molecule has 0 unspecified atom stereocenters. The van der Waals surface area contributed by atoms with Crippen molar-refractivity contribution in [2.45, 2.75) is 32.5 Å². The molecule has 0 atom stereocenters. The predicted octanol–water partition coefficient (Wildman–Crippen LogP) is 7.22. The molecule has 0 amide bonds. The lowest BCUT2D eigenvalue weighted by Crippen LogP contribution is -2.34. The van der Waals surface area contributed by atoms with Crippen molar-refractivity contribution >= 4 is 28.5 Å². The van der Waals surface area contributed by atoms with Crippen molar-refractivity contribution < 1.29 is 36.6 Å². The van der Waals surface area contributed by atoms with Gasteiger partial charge in [0.1, 0.15) is 23.8 Å². The number of rotatable bonds is 8. The summed E-state index contributed by atoms with van der Waals surface area (Å²) in [5.41, 5.74) is 0.383. The second-order valence-corrected chi connectivity index (χ2v) is 9.91. The van der Waals surface area contributed by atoms with Gasteiger partial charge in [-0.15, -0.1) is 0 Å². The number of alkyl halides is 3. The van der Waals surface area contributed by atoms with E-state index in [1.165, 1.54) is 30.3 Å². The van der Waals surface area contributed by atoms with Crippen LogP contribution in [0.1, 0.15) is 40.6 Å². The molecule has 3 aromatic carbocycles. The van der Waals surface area contributed by atoms with Crippen molar-refractivity contribution in [3.8, 4) is 17.2 Å². The maximum absolute atomic E-state index is 14.2. The highest BCUT2D eigenvalue weighted by atomic mass is 35.5. The molecule has 1 aromatic heterocycles. The van der Waals surface area contributed by atoms with Crippen LogP contribution in [0.5, 0.6) is 17.2 Å². The Labute approximate surface area is 238 Å². The summed E-state index contributed by atoms with van der Waals surface area (Å²) < 4.78 is 64.2. The van der Waals surface area contributed by atoms with Crippen LogP contribution in [0, 0.1) is 0 Å². The van der Waals surface area contributed by atoms with Crippen LogP contribution < -0.4 is 14.9 Å². The Morgan fingerprint density at radius 1 is 1.05 bits per heavy atom. The molecular formula is C30H25ClF3NO6. The lowest BCUT2D eigenvalue weighted by atomic mass is 10.1. The summed E-state index contributed by atoms with van der Waals surface area (Å²) in [7, 11) is 0. The van der Waals surface area contributed by atoms with Gasteiger partial charge in [0.2, 0.25) is 11.2 Å². The van der Waals surface area contributed by atoms with E-state index in [0.29, 0.717) is 35.7 Å². The summed E-state index contributed by atoms with van der Waals surface area (Å²) in [5.74, 6) is -2.87. The Kier molecular flexibility index (Phi) is 8.23. The van der Waals surface area contributed by atoms with E-state index in [1.54, 1.807) is 18.2 Å². The molecule has 11 heteroatoms. The zero-order valence-corrected chi connectivity index (χ0v) is 22.7. The Morgan fingerprint density at radius 3 is 2.46 bits per heavy atom. The molecule has 41 heavy (non-hydrogen) atoms. The Morgan fingerprint density at radius 2 is 1.78 bits per heavy atom. The number of ether oxygens (including phenoxy) is 3. The van der Waals surface area contributed by atoms with Crippen LogP contribution in [0.4, 0.5) is 13.2 Å². The van der Waals surface area contributed by atoms with Crippen molar-refractivity contribution in [3.05, 3.63) is 98.4 Å². The molecule has 0 radical (unpaired) electrons. The van der Waals surface area contributed by atoms with Gasteiger partial charge in [-0.1, -0.05) is 30.7 Å². The maximum Gasteiger partial charge on any atom is 0.453 e. The van der Waals surface area contributed by atoms with Crippen LogP contribution in [0.3, 0.4) is 0 Å². The van der Waals surface area contributed by atoms with Crippen molar-refractivity contribution in [1.29, 1.82) is 0 Å². The number of carbonyl (C=O) groups is 1. The standard InChI is InChI=1S/C30H25ClF3NO6/c1-2-15-38-29(37)19-5-9-21(10-6-19)40-27-25(36)22-11-12-24-23(26(22)41-28(27)30(32,33)34)16-35(17-39-24)14-13-18-3-7-20(31)8-4-18/h3-12H,2,13-17H2,1H3. The minimum absolute atomic E-state index is 0.0744. The van der Waals surface area contributed by atoms with Gasteiger partial charge in [0.05, 0.1) is 23.1 Å². The van der Waals surface area contributed by atoms with Gasteiger partial charge in [-0.3, -0.25) is 9.69 Å². The minimum atomic E-state index is -5.03. The number of nitrogens with zero attached hydrogens (tertiary/aromatic N) is 1. The normalized spacial score (nSPS) is 13.5. The molecule has 0 aliphatic carbocycles. The summed E-state index contributed by atoms with van der Waals surface area (Å²) in [5, 5.41) is 0.549. The summed E-state index contributed by atoms with van der Waals surface area (Å²) in [6, 6.07) is 15.5. The minimum Gasteiger partial charge on any atom is -0.478 e. The number of halogens is 4. The van der Waals surface area contributed by atoms with Gasteiger partial charge < -0.3 is 18.6 Å². The number of carbonyl (C=O) groups excluding carboxylic acids is 1. The third-order valence-corrected chi connectivity index (χ3v) is 6.75. The molecule has 0 spiro atoms. The molecule has 5 rings (SSSR count). The van der Waals surface area contributed by atoms with Crippen molar-refractivity contribution in [1.82, 2.24) is 4.90 Å². The average Bonchev–Trinajstić information content (AvgIpc) is 2.96. The van der Waals surface area contributed by atoms with Crippen molar-refractivity contribution in [3.63, 3.8) is 0 Å². The second kappa shape index (κ2) is 11.8. The van der Waals surface area contributed by atoms with Crippen molar-refractivity contribution in [2.24, 2.45) is 0 Å². The zero-order valence-electron chi connectivity index (χ0n) is 21.9. The molecule has 1 aliphatic rings. The average molecular weight is 588 g/mol. The van der Waals surface area contributed by atoms with E-state index in [-0.39, 0.29) is 42.2 Å². The molecule has 7 nitrogen and oxygen atoms in total. The smallest absolute Gasteiger partial charge is 0.453 e. The summed E-state index contributed by atoms with van der Waals surface area (Å²) in [6.07, 6.45) is -3.73. The van der Waals surface area contributed by atoms with Gasteiger partial charge in [-0.05, 0) is 66.9 Å². The van der Waals surface area contributed by atoms with Gasteiger partial charge in [0.15, 0.2) is 0 Å². The molecule has 1 aliphatic heterocycles. The molecular weight excluding hydrogens is 563 g/mol. The maximum atomic E-state index is 14.2.